The molecule has 1 saturated heterocycles. The van der Waals surface area contributed by atoms with Crippen molar-refractivity contribution >= 4 is 22.9 Å². The number of aryl methyl sites for hydroxylation is 1. The first kappa shape index (κ1) is 18.5. The minimum atomic E-state index is -0.226. The molecule has 1 aliphatic heterocycles. The Bertz CT molecular complexity index is 961. The normalized spacial score (nSPS) is 16.4. The van der Waals surface area contributed by atoms with Crippen LogP contribution in [0.1, 0.15) is 36.5 Å². The number of aromatic nitrogens is 2. The van der Waals surface area contributed by atoms with E-state index in [-0.39, 0.29) is 12.0 Å². The number of nitrogens with one attached hydrogen (secondary N) is 1. The third-order valence-corrected chi connectivity index (χ3v) is 4.91. The second-order valence-corrected chi connectivity index (χ2v) is 6.97. The molecular formula is C22H25N3O3. The van der Waals surface area contributed by atoms with E-state index >= 15 is 0 Å². The molecule has 2 heterocycles. The first-order valence-corrected chi connectivity index (χ1v) is 9.86. The number of nitrogens with zero attached hydrogens (tertiary/aromatic N) is 2. The summed E-state index contributed by atoms with van der Waals surface area (Å²) in [7, 11) is 0. The van der Waals surface area contributed by atoms with Crippen molar-refractivity contribution in [2.75, 3.05) is 18.5 Å². The van der Waals surface area contributed by atoms with Crippen molar-refractivity contribution in [3.8, 4) is 5.75 Å². The maximum Gasteiger partial charge on any atom is 0.261 e. The van der Waals surface area contributed by atoms with Crippen molar-refractivity contribution in [2.45, 2.75) is 38.8 Å². The predicted octanol–water partition coefficient (Wildman–Crippen LogP) is 4.26. The monoisotopic (exact) mass is 379 g/mol. The highest BCUT2D eigenvalue weighted by atomic mass is 16.5. The Kier molecular flexibility index (Phi) is 5.58. The van der Waals surface area contributed by atoms with Crippen molar-refractivity contribution in [2.24, 2.45) is 0 Å². The van der Waals surface area contributed by atoms with E-state index in [9.17, 15) is 4.79 Å². The number of carbonyl (C=O) groups is 1. The minimum absolute atomic E-state index is 0.102. The summed E-state index contributed by atoms with van der Waals surface area (Å²) >= 11 is 0. The molecule has 1 aromatic heterocycles. The Morgan fingerprint density at radius 3 is 2.89 bits per heavy atom. The van der Waals surface area contributed by atoms with Gasteiger partial charge in [-0.3, -0.25) is 10.1 Å². The zero-order valence-electron chi connectivity index (χ0n) is 16.1. The van der Waals surface area contributed by atoms with Crippen LogP contribution in [-0.2, 0) is 11.3 Å². The molecule has 1 amide bonds. The van der Waals surface area contributed by atoms with Gasteiger partial charge >= 0.3 is 0 Å². The average Bonchev–Trinajstić information content (AvgIpc) is 3.35. The van der Waals surface area contributed by atoms with Crippen LogP contribution < -0.4 is 10.1 Å². The van der Waals surface area contributed by atoms with E-state index in [2.05, 4.69) is 17.2 Å². The molecule has 146 valence electrons. The zero-order valence-corrected chi connectivity index (χ0v) is 16.1. The Balaban J connectivity index is 1.55. The van der Waals surface area contributed by atoms with Gasteiger partial charge in [-0.1, -0.05) is 31.2 Å². The number of benzene rings is 2. The van der Waals surface area contributed by atoms with Gasteiger partial charge in [0.2, 0.25) is 5.95 Å². The second-order valence-electron chi connectivity index (χ2n) is 6.97. The highest BCUT2D eigenvalue weighted by Gasteiger charge is 2.20. The van der Waals surface area contributed by atoms with Gasteiger partial charge in [-0.2, -0.15) is 0 Å². The molecule has 3 aromatic rings. The van der Waals surface area contributed by atoms with E-state index in [1.807, 2.05) is 47.0 Å². The third kappa shape index (κ3) is 3.87. The molecule has 1 fully saturated rings. The van der Waals surface area contributed by atoms with E-state index in [1.165, 1.54) is 0 Å². The number of rotatable bonds is 7. The molecule has 28 heavy (non-hydrogen) atoms. The maximum absolute atomic E-state index is 13.0. The van der Waals surface area contributed by atoms with Crippen LogP contribution in [0.25, 0.3) is 11.0 Å². The van der Waals surface area contributed by atoms with Crippen molar-refractivity contribution in [1.29, 1.82) is 0 Å². The molecule has 1 N–H and O–H groups in total. The van der Waals surface area contributed by atoms with Crippen LogP contribution in [0.5, 0.6) is 5.75 Å². The van der Waals surface area contributed by atoms with E-state index in [1.54, 1.807) is 6.07 Å². The molecule has 0 radical (unpaired) electrons. The SMILES string of the molecule is CCCn1c(NC(=O)c2ccccc2OC[C@H]2CCCO2)nc2ccccc21. The van der Waals surface area contributed by atoms with Crippen molar-refractivity contribution in [3.63, 3.8) is 0 Å². The minimum Gasteiger partial charge on any atom is -0.490 e. The zero-order chi connectivity index (χ0) is 19.3. The number of imidazole rings is 1. The van der Waals surface area contributed by atoms with Gasteiger partial charge < -0.3 is 14.0 Å². The lowest BCUT2D eigenvalue weighted by Crippen LogP contribution is -2.20. The Morgan fingerprint density at radius 1 is 1.25 bits per heavy atom. The van der Waals surface area contributed by atoms with Gasteiger partial charge in [-0.15, -0.1) is 0 Å². The van der Waals surface area contributed by atoms with Crippen LogP contribution in [0.4, 0.5) is 5.95 Å². The Hall–Kier alpha value is -2.86. The van der Waals surface area contributed by atoms with Gasteiger partial charge in [0.15, 0.2) is 0 Å². The van der Waals surface area contributed by atoms with E-state index in [4.69, 9.17) is 9.47 Å². The van der Waals surface area contributed by atoms with Crippen LogP contribution >= 0.6 is 0 Å². The summed E-state index contributed by atoms with van der Waals surface area (Å²) < 4.78 is 13.6. The van der Waals surface area contributed by atoms with Crippen LogP contribution in [0.2, 0.25) is 0 Å². The van der Waals surface area contributed by atoms with Crippen LogP contribution in [0.3, 0.4) is 0 Å². The summed E-state index contributed by atoms with van der Waals surface area (Å²) in [4.78, 5) is 17.6. The number of hydrogen-bond acceptors (Lipinski definition) is 4. The maximum atomic E-state index is 13.0. The summed E-state index contributed by atoms with van der Waals surface area (Å²) in [5, 5.41) is 2.97. The molecule has 1 atom stereocenters. The highest BCUT2D eigenvalue weighted by molar-refractivity contribution is 6.06. The summed E-state index contributed by atoms with van der Waals surface area (Å²) in [6.45, 7) is 4.13. The van der Waals surface area contributed by atoms with Gasteiger partial charge in [-0.05, 0) is 43.5 Å². The molecular weight excluding hydrogens is 354 g/mol. The molecule has 4 rings (SSSR count). The smallest absolute Gasteiger partial charge is 0.261 e. The van der Waals surface area contributed by atoms with E-state index in [0.717, 1.165) is 43.4 Å². The quantitative estimate of drug-likeness (QED) is 0.666. The first-order valence-electron chi connectivity index (χ1n) is 9.86. The topological polar surface area (TPSA) is 65.4 Å². The van der Waals surface area contributed by atoms with Crippen molar-refractivity contribution in [1.82, 2.24) is 9.55 Å². The molecule has 0 spiro atoms. The van der Waals surface area contributed by atoms with Gasteiger partial charge in [-0.25, -0.2) is 4.98 Å². The average molecular weight is 379 g/mol. The van der Waals surface area contributed by atoms with Gasteiger partial charge in [0, 0.05) is 13.2 Å². The summed E-state index contributed by atoms with van der Waals surface area (Å²) in [5.74, 6) is 0.895. The largest absolute Gasteiger partial charge is 0.490 e. The first-order chi connectivity index (χ1) is 13.8. The second kappa shape index (κ2) is 8.44. The predicted molar refractivity (Wildman–Crippen MR) is 109 cm³/mol. The Morgan fingerprint density at radius 2 is 2.07 bits per heavy atom. The summed E-state index contributed by atoms with van der Waals surface area (Å²) in [5.41, 5.74) is 2.38. The van der Waals surface area contributed by atoms with Crippen LogP contribution in [0.15, 0.2) is 48.5 Å². The standard InChI is InChI=1S/C22H25N3O3/c1-2-13-25-19-11-5-4-10-18(19)23-22(25)24-21(26)17-9-3-6-12-20(17)28-15-16-8-7-14-27-16/h3-6,9-12,16H,2,7-8,13-15H2,1H3,(H,23,24,26)/t16-/m1/s1. The lowest BCUT2D eigenvalue weighted by molar-refractivity contribution is 0.0673. The van der Waals surface area contributed by atoms with Gasteiger partial charge in [0.25, 0.3) is 5.91 Å². The van der Waals surface area contributed by atoms with Crippen molar-refractivity contribution < 1.29 is 14.3 Å². The van der Waals surface area contributed by atoms with E-state index < -0.39 is 0 Å². The number of ether oxygens (including phenoxy) is 2. The van der Waals surface area contributed by atoms with Crippen LogP contribution in [-0.4, -0.2) is 34.8 Å². The summed E-state index contributed by atoms with van der Waals surface area (Å²) in [6.07, 6.45) is 3.11. The van der Waals surface area contributed by atoms with Crippen LogP contribution in [0, 0.1) is 0 Å². The summed E-state index contributed by atoms with van der Waals surface area (Å²) in [6, 6.07) is 15.2. The lowest BCUT2D eigenvalue weighted by atomic mass is 10.2. The van der Waals surface area contributed by atoms with E-state index in [0.29, 0.717) is 23.9 Å². The molecule has 6 nitrogen and oxygen atoms in total. The fraction of sp³-hybridized carbons (Fsp3) is 0.364. The highest BCUT2D eigenvalue weighted by Crippen LogP contribution is 2.24. The third-order valence-electron chi connectivity index (χ3n) is 4.91. The fourth-order valence-electron chi connectivity index (χ4n) is 3.53. The fourth-order valence-corrected chi connectivity index (χ4v) is 3.53. The van der Waals surface area contributed by atoms with Crippen molar-refractivity contribution in [3.05, 3.63) is 54.1 Å². The number of para-hydroxylation sites is 3. The molecule has 1 aliphatic rings. The van der Waals surface area contributed by atoms with Gasteiger partial charge in [0.1, 0.15) is 12.4 Å². The molecule has 0 saturated carbocycles. The molecule has 6 heteroatoms. The number of fused-ring (bicyclic) bond motifs is 1. The Labute approximate surface area is 164 Å². The lowest BCUT2D eigenvalue weighted by Gasteiger charge is -2.15. The molecule has 0 unspecified atom stereocenters. The number of carbonyl (C=O) groups excluding carboxylic acids is 1. The molecule has 2 aromatic carbocycles. The number of amides is 1. The number of anilines is 1. The number of hydrogen-bond donors (Lipinski definition) is 1. The molecule has 0 bridgehead atoms. The molecule has 0 aliphatic carbocycles. The van der Waals surface area contributed by atoms with Gasteiger partial charge in [0.05, 0.1) is 22.7 Å².